The number of aromatic nitrogens is 3. The van der Waals surface area contributed by atoms with Crippen LogP contribution in [0.4, 0.5) is 30.8 Å². The van der Waals surface area contributed by atoms with Gasteiger partial charge in [-0.25, -0.2) is 9.97 Å². The number of piperidine rings is 1. The first kappa shape index (κ1) is 25.2. The summed E-state index contributed by atoms with van der Waals surface area (Å²) in [5.74, 6) is 0.585. The van der Waals surface area contributed by atoms with E-state index in [9.17, 15) is 18.0 Å². The molecule has 0 aliphatic carbocycles. The van der Waals surface area contributed by atoms with Crippen molar-refractivity contribution >= 4 is 23.6 Å². The number of nitrogens with one attached hydrogen (secondary N) is 2. The molecule has 0 spiro atoms. The summed E-state index contributed by atoms with van der Waals surface area (Å²) in [5, 5.41) is 5.56. The Kier molecular flexibility index (Phi) is 8.06. The monoisotopic (exact) mass is 497 g/mol. The van der Waals surface area contributed by atoms with Gasteiger partial charge in [-0.1, -0.05) is 0 Å². The Morgan fingerprint density at radius 1 is 1.17 bits per heavy atom. The number of likely N-dealkylation sites (tertiary alicyclic amines) is 1. The van der Waals surface area contributed by atoms with Crippen molar-refractivity contribution in [1.82, 2.24) is 24.8 Å². The highest BCUT2D eigenvalue weighted by atomic mass is 19.4. The number of hydrogen-bond donors (Lipinski definition) is 2. The lowest BCUT2D eigenvalue weighted by Crippen LogP contribution is -2.34. The van der Waals surface area contributed by atoms with E-state index in [0.29, 0.717) is 32.0 Å². The smallest absolute Gasteiger partial charge is 0.421 e. The molecule has 2 N–H and O–H groups in total. The molecule has 0 unspecified atom stereocenters. The average molecular weight is 498 g/mol. The summed E-state index contributed by atoms with van der Waals surface area (Å²) >= 11 is 0. The fourth-order valence-electron chi connectivity index (χ4n) is 4.13. The van der Waals surface area contributed by atoms with Gasteiger partial charge in [0.15, 0.2) is 5.89 Å². The Balaban J connectivity index is 1.38. The zero-order valence-corrected chi connectivity index (χ0v) is 19.6. The van der Waals surface area contributed by atoms with Crippen molar-refractivity contribution in [3.05, 3.63) is 23.8 Å². The number of hydrogen-bond acceptors (Lipinski definition) is 9. The summed E-state index contributed by atoms with van der Waals surface area (Å²) in [4.78, 5) is 28.1. The number of nitrogens with zero attached hydrogens (tertiary/aromatic N) is 5. The number of anilines is 3. The van der Waals surface area contributed by atoms with Gasteiger partial charge in [0.25, 0.3) is 0 Å². The van der Waals surface area contributed by atoms with Gasteiger partial charge in [0.05, 0.1) is 6.20 Å². The van der Waals surface area contributed by atoms with Crippen LogP contribution in [0.2, 0.25) is 0 Å². The lowest BCUT2D eigenvalue weighted by Gasteiger charge is -2.26. The maximum absolute atomic E-state index is 13.5. The first-order valence-corrected chi connectivity index (χ1v) is 11.7. The van der Waals surface area contributed by atoms with Gasteiger partial charge in [-0.15, -0.1) is 0 Å². The van der Waals surface area contributed by atoms with Crippen LogP contribution in [0.15, 0.2) is 16.8 Å². The minimum Gasteiger partial charge on any atom is -0.425 e. The molecule has 10 nitrogen and oxygen atoms in total. The van der Waals surface area contributed by atoms with Crippen LogP contribution in [0.25, 0.3) is 0 Å². The van der Waals surface area contributed by atoms with E-state index >= 15 is 0 Å². The summed E-state index contributed by atoms with van der Waals surface area (Å²) < 4.78 is 51.5. The van der Waals surface area contributed by atoms with E-state index in [0.717, 1.165) is 38.5 Å². The molecule has 0 radical (unpaired) electrons. The molecule has 0 saturated carbocycles. The van der Waals surface area contributed by atoms with E-state index in [1.807, 2.05) is 0 Å². The van der Waals surface area contributed by atoms with Gasteiger partial charge in [-0.05, 0) is 45.8 Å². The minimum absolute atomic E-state index is 0.0355. The van der Waals surface area contributed by atoms with Gasteiger partial charge < -0.3 is 24.3 Å². The molecule has 1 amide bonds. The summed E-state index contributed by atoms with van der Waals surface area (Å²) in [5.41, 5.74) is -0.966. The highest BCUT2D eigenvalue weighted by Crippen LogP contribution is 2.34. The Bertz CT molecular complexity index is 993. The summed E-state index contributed by atoms with van der Waals surface area (Å²) in [6, 6.07) is 0. The van der Waals surface area contributed by atoms with Crippen molar-refractivity contribution in [2.45, 2.75) is 37.8 Å². The van der Waals surface area contributed by atoms with Gasteiger partial charge in [0.2, 0.25) is 17.7 Å². The van der Waals surface area contributed by atoms with Crippen LogP contribution in [-0.4, -0.2) is 83.6 Å². The summed E-state index contributed by atoms with van der Waals surface area (Å²) in [7, 11) is 2.07. The number of ether oxygens (including phenoxy) is 1. The van der Waals surface area contributed by atoms with Crippen molar-refractivity contribution in [3.8, 4) is 0 Å². The fourth-order valence-corrected chi connectivity index (χ4v) is 4.13. The van der Waals surface area contributed by atoms with Crippen molar-refractivity contribution in [3.63, 3.8) is 0 Å². The van der Waals surface area contributed by atoms with Gasteiger partial charge in [-0.3, -0.25) is 10.1 Å². The molecule has 4 rings (SSSR count). The van der Waals surface area contributed by atoms with Crippen LogP contribution >= 0.6 is 0 Å². The van der Waals surface area contributed by atoms with Gasteiger partial charge in [0.1, 0.15) is 18.0 Å². The molecule has 0 aromatic carbocycles. The second-order valence-corrected chi connectivity index (χ2v) is 8.79. The summed E-state index contributed by atoms with van der Waals surface area (Å²) in [6.45, 7) is 3.66. The minimum atomic E-state index is -4.62. The number of oxazole rings is 1. The van der Waals surface area contributed by atoms with E-state index in [2.05, 4.69) is 37.5 Å². The zero-order valence-electron chi connectivity index (χ0n) is 19.6. The maximum Gasteiger partial charge on any atom is 0.421 e. The highest BCUT2D eigenvalue weighted by Gasteiger charge is 2.35. The van der Waals surface area contributed by atoms with Crippen LogP contribution in [0, 0.1) is 0 Å². The van der Waals surface area contributed by atoms with Crippen LogP contribution in [0.5, 0.6) is 0 Å². The Labute approximate surface area is 201 Å². The zero-order chi connectivity index (χ0) is 24.8. The largest absolute Gasteiger partial charge is 0.425 e. The third-order valence-corrected chi connectivity index (χ3v) is 6.11. The SMILES string of the molecule is CN1CCC(c2ncc(Nc3ncc(C(F)(F)F)c(NCCCN4CCCOCC4=O)n3)o2)CC1. The summed E-state index contributed by atoms with van der Waals surface area (Å²) in [6.07, 6.45) is 0.657. The third kappa shape index (κ3) is 6.82. The molecule has 2 fully saturated rings. The fraction of sp³-hybridized carbons (Fsp3) is 0.636. The quantitative estimate of drug-likeness (QED) is 0.532. The highest BCUT2D eigenvalue weighted by molar-refractivity contribution is 5.77. The molecule has 2 aliphatic heterocycles. The van der Waals surface area contributed by atoms with Crippen LogP contribution in [-0.2, 0) is 15.7 Å². The number of halogens is 3. The topological polar surface area (TPSA) is 109 Å². The van der Waals surface area contributed by atoms with Crippen molar-refractivity contribution in [2.24, 2.45) is 0 Å². The molecule has 0 bridgehead atoms. The second kappa shape index (κ2) is 11.2. The van der Waals surface area contributed by atoms with Gasteiger partial charge in [0, 0.05) is 38.4 Å². The first-order valence-electron chi connectivity index (χ1n) is 11.7. The molecule has 2 aromatic rings. The van der Waals surface area contributed by atoms with E-state index in [4.69, 9.17) is 9.15 Å². The van der Waals surface area contributed by atoms with Crippen molar-refractivity contribution in [2.75, 3.05) is 63.6 Å². The number of carbonyl (C=O) groups excluding carboxylic acids is 1. The van der Waals surface area contributed by atoms with E-state index in [-0.39, 0.29) is 42.6 Å². The van der Waals surface area contributed by atoms with Crippen LogP contribution in [0.3, 0.4) is 0 Å². The third-order valence-electron chi connectivity index (χ3n) is 6.11. The Hall–Kier alpha value is -2.93. The van der Waals surface area contributed by atoms with E-state index in [1.165, 1.54) is 6.20 Å². The predicted molar refractivity (Wildman–Crippen MR) is 121 cm³/mol. The number of carbonyl (C=O) groups is 1. The normalized spacial score (nSPS) is 18.5. The molecule has 0 atom stereocenters. The molecule has 35 heavy (non-hydrogen) atoms. The van der Waals surface area contributed by atoms with Crippen LogP contribution in [0.1, 0.15) is 43.1 Å². The molecular weight excluding hydrogens is 467 g/mol. The average Bonchev–Trinajstić information content (AvgIpc) is 3.18. The van der Waals surface area contributed by atoms with Gasteiger partial charge >= 0.3 is 6.18 Å². The number of rotatable bonds is 8. The Morgan fingerprint density at radius 2 is 1.97 bits per heavy atom. The molecule has 13 heteroatoms. The number of alkyl halides is 3. The lowest BCUT2D eigenvalue weighted by molar-refractivity contribution is -0.137. The number of amides is 1. The van der Waals surface area contributed by atoms with Gasteiger partial charge in [-0.2, -0.15) is 18.2 Å². The van der Waals surface area contributed by atoms with E-state index in [1.54, 1.807) is 4.90 Å². The van der Waals surface area contributed by atoms with Crippen molar-refractivity contribution in [1.29, 1.82) is 0 Å². The molecule has 4 heterocycles. The Morgan fingerprint density at radius 3 is 2.74 bits per heavy atom. The van der Waals surface area contributed by atoms with Crippen LogP contribution < -0.4 is 10.6 Å². The molecular formula is C22H30F3N7O3. The lowest BCUT2D eigenvalue weighted by atomic mass is 9.97. The second-order valence-electron chi connectivity index (χ2n) is 8.79. The molecule has 2 aliphatic rings. The molecule has 192 valence electrons. The molecule has 2 saturated heterocycles. The maximum atomic E-state index is 13.5. The standard InChI is InChI=1S/C22H30F3N7O3/c1-31-9-4-15(5-10-31)20-27-13-17(35-20)29-21-28-12-16(22(23,24)25)19(30-21)26-6-2-7-32-8-3-11-34-14-18(32)33/h12-13,15H,2-11,14H2,1H3,(H2,26,28,29,30). The predicted octanol–water partition coefficient (Wildman–Crippen LogP) is 3.09. The molecule has 2 aromatic heterocycles. The van der Waals surface area contributed by atoms with Crippen molar-refractivity contribution < 1.29 is 27.1 Å². The first-order chi connectivity index (χ1) is 16.8. The van der Waals surface area contributed by atoms with E-state index < -0.39 is 11.7 Å².